The van der Waals surface area contributed by atoms with Gasteiger partial charge in [0.15, 0.2) is 0 Å². The molecule has 1 aliphatic rings. The first-order valence-electron chi connectivity index (χ1n) is 6.72. The van der Waals surface area contributed by atoms with Crippen LogP contribution in [0.5, 0.6) is 0 Å². The maximum absolute atomic E-state index is 12.6. The van der Waals surface area contributed by atoms with Gasteiger partial charge in [-0.25, -0.2) is 8.42 Å². The number of carbonyl (C=O) groups is 1. The van der Waals surface area contributed by atoms with Crippen LogP contribution in [-0.4, -0.2) is 31.3 Å². The molecule has 3 rings (SSSR count). The van der Waals surface area contributed by atoms with Crippen molar-refractivity contribution in [1.29, 1.82) is 0 Å². The lowest BCUT2D eigenvalue weighted by Crippen LogP contribution is -2.46. The number of rotatable bonds is 3. The smallest absolute Gasteiger partial charge is 0.243 e. The lowest BCUT2D eigenvalue weighted by molar-refractivity contribution is -0.309. The van der Waals surface area contributed by atoms with Gasteiger partial charge in [-0.1, -0.05) is 30.3 Å². The number of aliphatic carboxylic acids is 1. The predicted molar refractivity (Wildman–Crippen MR) is 75.9 cm³/mol. The molecule has 21 heavy (non-hydrogen) atoms. The van der Waals surface area contributed by atoms with Crippen LogP contribution in [-0.2, 0) is 14.8 Å². The molecule has 0 radical (unpaired) electrons. The van der Waals surface area contributed by atoms with E-state index in [1.807, 2.05) is 24.3 Å². The summed E-state index contributed by atoms with van der Waals surface area (Å²) in [6.07, 6.45) is 0.834. The van der Waals surface area contributed by atoms with Gasteiger partial charge in [-0.3, -0.25) is 0 Å². The Hall–Kier alpha value is -1.92. The number of carbonyl (C=O) groups excluding carboxylic acids is 1. The van der Waals surface area contributed by atoms with E-state index in [9.17, 15) is 18.3 Å². The fraction of sp³-hybridized carbons (Fsp3) is 0.267. The maximum Gasteiger partial charge on any atom is 0.243 e. The fourth-order valence-corrected chi connectivity index (χ4v) is 4.41. The van der Waals surface area contributed by atoms with Crippen molar-refractivity contribution in [2.45, 2.75) is 23.8 Å². The second-order valence-electron chi connectivity index (χ2n) is 5.10. The molecule has 6 heteroatoms. The summed E-state index contributed by atoms with van der Waals surface area (Å²) < 4.78 is 26.3. The average molecular weight is 304 g/mol. The van der Waals surface area contributed by atoms with E-state index < -0.39 is 22.0 Å². The summed E-state index contributed by atoms with van der Waals surface area (Å²) in [5, 5.41) is 12.8. The standard InChI is InChI=1S/C15H15NO4S/c17-15(18)14-6-3-9-16(14)21(19,20)13-8-7-11-4-1-2-5-12(11)10-13/h1-2,4-5,7-8,10,14H,3,6,9H2,(H,17,18)/p-1/t14-/m0/s1. The second kappa shape index (κ2) is 5.13. The predicted octanol–water partition coefficient (Wildman–Crippen LogP) is 0.743. The topological polar surface area (TPSA) is 77.5 Å². The van der Waals surface area contributed by atoms with E-state index in [2.05, 4.69) is 0 Å². The van der Waals surface area contributed by atoms with Gasteiger partial charge in [-0.2, -0.15) is 4.31 Å². The summed E-state index contributed by atoms with van der Waals surface area (Å²) in [7, 11) is -3.81. The molecule has 2 aromatic rings. The lowest BCUT2D eigenvalue weighted by atomic mass is 10.1. The van der Waals surface area contributed by atoms with Gasteiger partial charge in [0.05, 0.1) is 16.9 Å². The number of benzene rings is 2. The van der Waals surface area contributed by atoms with Crippen molar-refractivity contribution in [3.63, 3.8) is 0 Å². The number of nitrogens with zero attached hydrogens (tertiary/aromatic N) is 1. The van der Waals surface area contributed by atoms with Crippen molar-refractivity contribution in [3.8, 4) is 0 Å². The number of fused-ring (bicyclic) bond motifs is 1. The van der Waals surface area contributed by atoms with Gasteiger partial charge >= 0.3 is 0 Å². The lowest BCUT2D eigenvalue weighted by Gasteiger charge is -2.24. The molecule has 2 aromatic carbocycles. The molecule has 0 aliphatic carbocycles. The van der Waals surface area contributed by atoms with Crippen LogP contribution in [0.1, 0.15) is 12.8 Å². The fourth-order valence-electron chi connectivity index (χ4n) is 2.73. The minimum Gasteiger partial charge on any atom is -0.548 e. The summed E-state index contributed by atoms with van der Waals surface area (Å²) in [6, 6.07) is 11.2. The third kappa shape index (κ3) is 2.41. The van der Waals surface area contributed by atoms with E-state index >= 15 is 0 Å². The first-order chi connectivity index (χ1) is 10.00. The van der Waals surface area contributed by atoms with Crippen LogP contribution in [0.4, 0.5) is 0 Å². The van der Waals surface area contributed by atoms with Crippen LogP contribution < -0.4 is 5.11 Å². The average Bonchev–Trinajstić information content (AvgIpc) is 2.97. The van der Waals surface area contributed by atoms with E-state index in [-0.39, 0.29) is 11.4 Å². The zero-order chi connectivity index (χ0) is 15.0. The van der Waals surface area contributed by atoms with Gasteiger partial charge in [0.2, 0.25) is 10.0 Å². The highest BCUT2D eigenvalue weighted by molar-refractivity contribution is 7.89. The van der Waals surface area contributed by atoms with E-state index in [1.54, 1.807) is 12.1 Å². The number of carboxylic acid groups (broad SMARTS) is 1. The minimum absolute atomic E-state index is 0.120. The normalized spacial score (nSPS) is 19.9. The largest absolute Gasteiger partial charge is 0.548 e. The Morgan fingerprint density at radius 3 is 2.57 bits per heavy atom. The van der Waals surface area contributed by atoms with E-state index in [1.165, 1.54) is 6.07 Å². The van der Waals surface area contributed by atoms with Crippen LogP contribution in [0, 0.1) is 0 Å². The number of carboxylic acids is 1. The van der Waals surface area contributed by atoms with Gasteiger partial charge in [-0.05, 0) is 35.7 Å². The van der Waals surface area contributed by atoms with E-state index in [4.69, 9.17) is 0 Å². The molecule has 0 amide bonds. The number of hydrogen-bond donors (Lipinski definition) is 0. The molecule has 0 aromatic heterocycles. The zero-order valence-electron chi connectivity index (χ0n) is 11.2. The monoisotopic (exact) mass is 304 g/mol. The molecule has 0 spiro atoms. The number of hydrogen-bond acceptors (Lipinski definition) is 4. The Balaban J connectivity index is 2.05. The molecule has 1 aliphatic heterocycles. The van der Waals surface area contributed by atoms with Crippen molar-refractivity contribution in [3.05, 3.63) is 42.5 Å². The maximum atomic E-state index is 12.6. The van der Waals surface area contributed by atoms with Crippen LogP contribution in [0.3, 0.4) is 0 Å². The van der Waals surface area contributed by atoms with Gasteiger partial charge < -0.3 is 9.90 Å². The van der Waals surface area contributed by atoms with Crippen LogP contribution in [0.25, 0.3) is 10.8 Å². The second-order valence-corrected chi connectivity index (χ2v) is 6.99. The van der Waals surface area contributed by atoms with Crippen LogP contribution >= 0.6 is 0 Å². The zero-order valence-corrected chi connectivity index (χ0v) is 12.0. The molecular formula is C15H14NO4S-. The van der Waals surface area contributed by atoms with E-state index in [0.29, 0.717) is 12.8 Å². The van der Waals surface area contributed by atoms with Crippen molar-refractivity contribution in [2.24, 2.45) is 0 Å². The molecule has 5 nitrogen and oxygen atoms in total. The molecule has 0 bridgehead atoms. The quantitative estimate of drug-likeness (QED) is 0.838. The summed E-state index contributed by atoms with van der Waals surface area (Å²) in [5.41, 5.74) is 0. The van der Waals surface area contributed by atoms with Gasteiger partial charge in [0, 0.05) is 6.54 Å². The van der Waals surface area contributed by atoms with Crippen LogP contribution in [0.15, 0.2) is 47.4 Å². The van der Waals surface area contributed by atoms with Crippen LogP contribution in [0.2, 0.25) is 0 Å². The van der Waals surface area contributed by atoms with Crippen molar-refractivity contribution < 1.29 is 18.3 Å². The Morgan fingerprint density at radius 1 is 1.14 bits per heavy atom. The summed E-state index contributed by atoms with van der Waals surface area (Å²) in [4.78, 5) is 11.2. The van der Waals surface area contributed by atoms with Gasteiger partial charge in [-0.15, -0.1) is 0 Å². The third-order valence-corrected chi connectivity index (χ3v) is 5.71. The molecule has 110 valence electrons. The third-order valence-electron chi connectivity index (χ3n) is 3.80. The highest BCUT2D eigenvalue weighted by Gasteiger charge is 2.35. The first kappa shape index (κ1) is 14.0. The molecule has 1 atom stereocenters. The SMILES string of the molecule is O=C([O-])[C@@H]1CCCN1S(=O)(=O)c1ccc2ccccc2c1. The first-order valence-corrected chi connectivity index (χ1v) is 8.16. The molecule has 0 saturated carbocycles. The minimum atomic E-state index is -3.81. The van der Waals surface area contributed by atoms with E-state index in [0.717, 1.165) is 15.1 Å². The molecule has 0 N–H and O–H groups in total. The molecule has 0 unspecified atom stereocenters. The molecule has 1 saturated heterocycles. The summed E-state index contributed by atoms with van der Waals surface area (Å²) >= 11 is 0. The Bertz CT molecular complexity index is 800. The van der Waals surface area contributed by atoms with Crippen molar-refractivity contribution in [2.75, 3.05) is 6.54 Å². The molecule has 1 fully saturated rings. The Morgan fingerprint density at radius 2 is 1.86 bits per heavy atom. The van der Waals surface area contributed by atoms with Crippen molar-refractivity contribution in [1.82, 2.24) is 4.31 Å². The highest BCUT2D eigenvalue weighted by Crippen LogP contribution is 2.27. The highest BCUT2D eigenvalue weighted by atomic mass is 32.2. The van der Waals surface area contributed by atoms with Crippen molar-refractivity contribution >= 4 is 26.8 Å². The Labute approximate surface area is 122 Å². The number of sulfonamides is 1. The molecular weight excluding hydrogens is 290 g/mol. The Kier molecular flexibility index (Phi) is 3.43. The summed E-state index contributed by atoms with van der Waals surface area (Å²) in [6.45, 7) is 0.216. The molecule has 1 heterocycles. The van der Waals surface area contributed by atoms with Gasteiger partial charge in [0.25, 0.3) is 0 Å². The van der Waals surface area contributed by atoms with Gasteiger partial charge in [0.1, 0.15) is 0 Å². The summed E-state index contributed by atoms with van der Waals surface area (Å²) in [5.74, 6) is -1.34.